The van der Waals surface area contributed by atoms with E-state index in [9.17, 15) is 4.39 Å². The molecule has 3 nitrogen and oxygen atoms in total. The third-order valence-electron chi connectivity index (χ3n) is 24.4. The number of aromatic nitrogens is 3. The van der Waals surface area contributed by atoms with Gasteiger partial charge in [0.1, 0.15) is 5.82 Å². The first kappa shape index (κ1) is 64.1. The van der Waals surface area contributed by atoms with E-state index in [0.717, 1.165) is 28.1 Å². The lowest BCUT2D eigenvalue weighted by molar-refractivity contribution is 0.208. The quantitative estimate of drug-likeness (QED) is 0.0717. The van der Waals surface area contributed by atoms with Gasteiger partial charge in [-0.1, -0.05) is 224 Å². The summed E-state index contributed by atoms with van der Waals surface area (Å²) in [6.07, 6.45) is 0. The van der Waals surface area contributed by atoms with Gasteiger partial charge in [0.05, 0.1) is 57.3 Å². The average molecular weight is 1230 g/mol. The molecule has 1 aliphatic carbocycles. The first-order valence-corrected chi connectivity index (χ1v) is 41.2. The fraction of sp³-hybridized carbons (Fsp3) is 0.481. The second-order valence-corrected chi connectivity index (χ2v) is 49.3. The molecule has 0 spiro atoms. The summed E-state index contributed by atoms with van der Waals surface area (Å²) in [6, 6.07) is 52.2. The smallest absolute Gasteiger partial charge is 0.123 e. The van der Waals surface area contributed by atoms with Crippen LogP contribution in [0.4, 0.5) is 4.39 Å². The zero-order valence-corrected chi connectivity index (χ0v) is 61.5. The fourth-order valence-electron chi connectivity index (χ4n) is 21.8. The Morgan fingerprint density at radius 1 is 0.307 bits per heavy atom. The Balaban J connectivity index is 1.21. The number of nitrogens with zero attached hydrogens (tertiary/aromatic N) is 3. The molecule has 0 N–H and O–H groups in total. The highest BCUT2D eigenvalue weighted by Crippen LogP contribution is 2.74. The van der Waals surface area contributed by atoms with E-state index in [1.165, 1.54) is 59.9 Å². The largest absolute Gasteiger partial charge is 0.309 e. The molecule has 466 valence electrons. The fourth-order valence-corrected chi connectivity index (χ4v) is 42.1. The first-order chi connectivity index (χ1) is 41.5. The number of benzene rings is 7. The van der Waals surface area contributed by atoms with Crippen molar-refractivity contribution in [3.63, 3.8) is 0 Å². The number of hydrogen-bond acceptors (Lipinski definition) is 0. The van der Waals surface area contributed by atoms with Crippen molar-refractivity contribution in [3.05, 3.63) is 145 Å². The highest BCUT2D eigenvalue weighted by molar-refractivity contribution is 6.96. The van der Waals surface area contributed by atoms with Crippen molar-refractivity contribution in [2.75, 3.05) is 0 Å². The normalized spacial score (nSPS) is 16.4. The summed E-state index contributed by atoms with van der Waals surface area (Å²) in [5.41, 5.74) is 17.6. The summed E-state index contributed by atoms with van der Waals surface area (Å²) in [5.74, 6) is 2.69. The van der Waals surface area contributed by atoms with Gasteiger partial charge in [-0.3, -0.25) is 0 Å². The molecule has 7 aromatic carbocycles. The van der Waals surface area contributed by atoms with Crippen LogP contribution in [0.25, 0.3) is 82.5 Å². The second-order valence-electron chi connectivity index (χ2n) is 31.6. The van der Waals surface area contributed by atoms with Crippen molar-refractivity contribution in [2.24, 2.45) is 29.1 Å². The molecule has 1 aliphatic rings. The Hall–Kier alpha value is -5.48. The van der Waals surface area contributed by atoms with Gasteiger partial charge < -0.3 is 13.7 Å². The summed E-state index contributed by atoms with van der Waals surface area (Å²) in [4.78, 5) is 0. The number of hydrogen-bond donors (Lipinski definition) is 0. The Bertz CT molecular complexity index is 4090. The molecule has 88 heavy (non-hydrogen) atoms. The first-order valence-electron chi connectivity index (χ1n) is 34.5. The van der Waals surface area contributed by atoms with Gasteiger partial charge in [0.2, 0.25) is 0 Å². The Labute approximate surface area is 532 Å². The van der Waals surface area contributed by atoms with E-state index < -0.39 is 24.2 Å². The predicted molar refractivity (Wildman–Crippen MR) is 395 cm³/mol. The molecule has 10 aromatic rings. The summed E-state index contributed by atoms with van der Waals surface area (Å²) in [6.45, 7) is 59.9. The third kappa shape index (κ3) is 9.10. The van der Waals surface area contributed by atoms with E-state index >= 15 is 0 Å². The maximum absolute atomic E-state index is 14.9. The maximum Gasteiger partial charge on any atom is 0.123 e. The molecule has 11 rings (SSSR count). The summed E-state index contributed by atoms with van der Waals surface area (Å²) >= 11 is 0. The zero-order chi connectivity index (χ0) is 63.9. The lowest BCUT2D eigenvalue weighted by atomic mass is 9.76. The molecule has 0 radical (unpaired) electrons. The molecule has 0 saturated heterocycles. The molecule has 1 saturated carbocycles. The van der Waals surface area contributed by atoms with E-state index in [0.29, 0.717) is 79.5 Å². The van der Waals surface area contributed by atoms with Crippen molar-refractivity contribution in [1.82, 2.24) is 13.7 Å². The van der Waals surface area contributed by atoms with E-state index in [1.807, 2.05) is 12.1 Å². The highest BCUT2D eigenvalue weighted by Gasteiger charge is 2.68. The van der Waals surface area contributed by atoms with Crippen LogP contribution in [0, 0.1) is 34.9 Å². The van der Waals surface area contributed by atoms with Gasteiger partial charge in [0, 0.05) is 49.4 Å². The predicted octanol–water partition coefficient (Wildman–Crippen LogP) is 23.4. The lowest BCUT2D eigenvalue weighted by Crippen LogP contribution is -2.55. The number of halogens is 1. The third-order valence-corrected chi connectivity index (χ3v) is 45.6. The van der Waals surface area contributed by atoms with E-state index in [-0.39, 0.29) is 11.2 Å². The molecule has 0 amide bonds. The van der Waals surface area contributed by atoms with Crippen LogP contribution in [-0.4, -0.2) is 37.9 Å². The van der Waals surface area contributed by atoms with Crippen LogP contribution in [-0.2, 0) is 0 Å². The molecule has 0 bridgehead atoms. The summed E-state index contributed by atoms with van der Waals surface area (Å²) in [7, 11) is -6.08. The molecule has 2 unspecified atom stereocenters. The van der Waals surface area contributed by atoms with Gasteiger partial charge >= 0.3 is 0 Å². The van der Waals surface area contributed by atoms with E-state index in [4.69, 9.17) is 0 Å². The van der Waals surface area contributed by atoms with Gasteiger partial charge in [-0.15, -0.1) is 0 Å². The van der Waals surface area contributed by atoms with E-state index in [1.54, 1.807) is 27.7 Å². The summed E-state index contributed by atoms with van der Waals surface area (Å²) < 4.78 is 22.5. The van der Waals surface area contributed by atoms with Crippen LogP contribution in [0.2, 0.25) is 49.9 Å². The van der Waals surface area contributed by atoms with Crippen molar-refractivity contribution in [1.29, 1.82) is 0 Å². The zero-order valence-electron chi connectivity index (χ0n) is 58.5. The van der Waals surface area contributed by atoms with Gasteiger partial charge in [-0.2, -0.15) is 0 Å². The standard InChI is InChI=1S/C81H108FN3Si3/c1-47(2)79-80(81(79,48(3)4)49(5)6)59-25-35-73-67(41-59)70-44-64(86(50(7)8,51(9)10)52(11)12)32-38-76(70)84(73)62-30-36-74-68(42-62)69-43-63(31-37-75(69)83(74)61-28-26-60(82)27-29-61)85-77-39-33-65(87(53(13)14,54(15)16)55(17)18)45-71(77)72-46-66(34-40-78(72)85)88(56(19)20,57(21)22)58(23)24/h25-58,79-80H,1-24H3. The van der Waals surface area contributed by atoms with Crippen molar-refractivity contribution in [3.8, 4) is 17.1 Å². The van der Waals surface area contributed by atoms with Gasteiger partial charge in [0.15, 0.2) is 0 Å². The van der Waals surface area contributed by atoms with Crippen molar-refractivity contribution in [2.45, 2.75) is 222 Å². The average Bonchev–Trinajstić information content (AvgIpc) is 1.52. The molecule has 7 heteroatoms. The maximum atomic E-state index is 14.9. The molecule has 3 aromatic heterocycles. The number of rotatable bonds is 19. The van der Waals surface area contributed by atoms with Crippen LogP contribution in [0.5, 0.6) is 0 Å². The van der Waals surface area contributed by atoms with Crippen LogP contribution >= 0.6 is 0 Å². The topological polar surface area (TPSA) is 14.8 Å². The molecule has 1 fully saturated rings. The van der Waals surface area contributed by atoms with Gasteiger partial charge in [0.25, 0.3) is 0 Å². The Kier molecular flexibility index (Phi) is 16.8. The minimum absolute atomic E-state index is 0.231. The molecular formula is C81H108FN3Si3. The summed E-state index contributed by atoms with van der Waals surface area (Å²) in [5, 5.41) is 12.6. The van der Waals surface area contributed by atoms with Crippen LogP contribution < -0.4 is 15.6 Å². The molecule has 0 aliphatic heterocycles. The van der Waals surface area contributed by atoms with E-state index in [2.05, 4.69) is 289 Å². The highest BCUT2D eigenvalue weighted by atomic mass is 28.3. The SMILES string of the molecule is CC(C)C1C(c2ccc3c(c2)c2cc([Si](C(C)C)(C(C)C)C(C)C)ccc2n3-c2ccc3c(c2)c2cc(-n4c5ccc([Si](C(C)C)(C(C)C)C(C)C)cc5c5cc([Si](C(C)C)(C(C)C)C(C)C)ccc54)ccc2n3-c2ccc(F)cc2)C1(C(C)C)C(C)C. The molecular weight excluding hydrogens is 1120 g/mol. The lowest BCUT2D eigenvalue weighted by Gasteiger charge is -2.44. The monoisotopic (exact) mass is 1230 g/mol. The molecule has 2 atom stereocenters. The van der Waals surface area contributed by atoms with Gasteiger partial charge in [-0.25, -0.2) is 4.39 Å². The molecule has 3 heterocycles. The van der Waals surface area contributed by atoms with Crippen LogP contribution in [0.1, 0.15) is 178 Å². The number of fused-ring (bicyclic) bond motifs is 9. The van der Waals surface area contributed by atoms with Crippen molar-refractivity contribution < 1.29 is 4.39 Å². The van der Waals surface area contributed by atoms with Crippen molar-refractivity contribution >= 4 is 105 Å². The minimum Gasteiger partial charge on any atom is -0.309 e. The Morgan fingerprint density at radius 2 is 0.568 bits per heavy atom. The minimum atomic E-state index is -2.03. The second kappa shape index (κ2) is 23.0. The Morgan fingerprint density at radius 3 is 0.852 bits per heavy atom. The van der Waals surface area contributed by atoms with Crippen LogP contribution in [0.15, 0.2) is 133 Å². The van der Waals surface area contributed by atoms with Crippen LogP contribution in [0.3, 0.4) is 0 Å². The van der Waals surface area contributed by atoms with Gasteiger partial charge in [-0.05, 0) is 181 Å².